The van der Waals surface area contributed by atoms with Gasteiger partial charge in [-0.2, -0.15) is 0 Å². The van der Waals surface area contributed by atoms with Gasteiger partial charge < -0.3 is 4.90 Å². The van der Waals surface area contributed by atoms with Crippen LogP contribution in [-0.4, -0.2) is 43.3 Å². The topological polar surface area (TPSA) is 76.3 Å². The highest BCUT2D eigenvalue weighted by atomic mass is 32.2. The number of rotatable bonds is 5. The molecule has 7 nitrogen and oxygen atoms in total. The summed E-state index contributed by atoms with van der Waals surface area (Å²) >= 11 is 2.99. The zero-order chi connectivity index (χ0) is 24.9. The number of thioether (sulfide) groups is 1. The average molecular weight is 523 g/mol. The Morgan fingerprint density at radius 2 is 1.78 bits per heavy atom. The number of hydrogen-bond donors (Lipinski definition) is 0. The van der Waals surface area contributed by atoms with Gasteiger partial charge in [-0.1, -0.05) is 60.3 Å². The molecule has 0 fully saturated rings. The predicted molar refractivity (Wildman–Crippen MR) is 150 cm³/mol. The zero-order valence-corrected chi connectivity index (χ0v) is 21.7. The van der Waals surface area contributed by atoms with Gasteiger partial charge in [0.05, 0.1) is 17.0 Å². The van der Waals surface area contributed by atoms with Crippen molar-refractivity contribution in [2.45, 2.75) is 24.4 Å². The van der Waals surface area contributed by atoms with Crippen molar-refractivity contribution in [3.8, 4) is 11.3 Å². The number of hydrogen-bond acceptors (Lipinski definition) is 7. The molecule has 7 rings (SSSR count). The minimum Gasteiger partial charge on any atom is -0.315 e. The Hall–Kier alpha value is -3.82. The van der Waals surface area contributed by atoms with E-state index in [1.807, 2.05) is 40.8 Å². The molecule has 37 heavy (non-hydrogen) atoms. The first-order valence-electron chi connectivity index (χ1n) is 12.2. The van der Waals surface area contributed by atoms with Crippen LogP contribution < -0.4 is 4.90 Å². The molecule has 0 spiro atoms. The van der Waals surface area contributed by atoms with Crippen molar-refractivity contribution in [2.24, 2.45) is 0 Å². The van der Waals surface area contributed by atoms with Gasteiger partial charge in [-0.3, -0.25) is 9.20 Å². The van der Waals surface area contributed by atoms with Gasteiger partial charge in [0.15, 0.2) is 10.8 Å². The lowest BCUT2D eigenvalue weighted by atomic mass is 10.0. The summed E-state index contributed by atoms with van der Waals surface area (Å²) in [5.41, 5.74) is 7.53. The van der Waals surface area contributed by atoms with Gasteiger partial charge in [-0.15, -0.1) is 21.5 Å². The third-order valence-corrected chi connectivity index (χ3v) is 8.94. The number of fused-ring (bicyclic) bond motifs is 7. The molecule has 0 bridgehead atoms. The van der Waals surface area contributed by atoms with Gasteiger partial charge in [-0.25, -0.2) is 9.97 Å². The van der Waals surface area contributed by atoms with Crippen molar-refractivity contribution in [3.63, 3.8) is 0 Å². The van der Waals surface area contributed by atoms with E-state index in [1.54, 1.807) is 29.6 Å². The molecule has 0 aliphatic heterocycles. The van der Waals surface area contributed by atoms with E-state index in [1.165, 1.54) is 22.9 Å². The van der Waals surface area contributed by atoms with Crippen LogP contribution >= 0.6 is 23.1 Å². The van der Waals surface area contributed by atoms with Gasteiger partial charge in [0.2, 0.25) is 5.91 Å². The van der Waals surface area contributed by atoms with Crippen molar-refractivity contribution in [1.29, 1.82) is 0 Å². The first kappa shape index (κ1) is 22.4. The summed E-state index contributed by atoms with van der Waals surface area (Å²) < 4.78 is 2.87. The van der Waals surface area contributed by atoms with Crippen LogP contribution in [0.2, 0.25) is 0 Å². The molecule has 0 saturated carbocycles. The molecule has 0 atom stereocenters. The van der Waals surface area contributed by atoms with Crippen LogP contribution in [0.4, 0.5) is 5.69 Å². The van der Waals surface area contributed by atoms with E-state index in [4.69, 9.17) is 9.97 Å². The number of nitrogens with zero attached hydrogens (tertiary/aromatic N) is 6. The maximum Gasteiger partial charge on any atom is 0.237 e. The van der Waals surface area contributed by atoms with E-state index >= 15 is 0 Å². The Balaban J connectivity index is 1.27. The summed E-state index contributed by atoms with van der Waals surface area (Å²) in [6.07, 6.45) is 4.99. The molecular formula is C28H22N6OS2. The molecule has 0 saturated heterocycles. The largest absolute Gasteiger partial charge is 0.315 e. The number of pyridine rings is 1. The third kappa shape index (κ3) is 3.69. The number of benzene rings is 2. The smallest absolute Gasteiger partial charge is 0.237 e. The lowest BCUT2D eigenvalue weighted by molar-refractivity contribution is -0.115. The fourth-order valence-electron chi connectivity index (χ4n) is 5.09. The second-order valence-corrected chi connectivity index (χ2v) is 11.0. The first-order chi connectivity index (χ1) is 18.2. The Labute approximate surface area is 221 Å². The van der Waals surface area contributed by atoms with Gasteiger partial charge >= 0.3 is 0 Å². The maximum atomic E-state index is 12.8. The zero-order valence-electron chi connectivity index (χ0n) is 20.1. The van der Waals surface area contributed by atoms with Crippen molar-refractivity contribution in [2.75, 3.05) is 17.7 Å². The number of amides is 1. The Kier molecular flexibility index (Phi) is 5.40. The second kappa shape index (κ2) is 8.93. The highest BCUT2D eigenvalue weighted by Crippen LogP contribution is 2.42. The normalized spacial score (nSPS) is 13.0. The molecule has 2 aromatic carbocycles. The van der Waals surface area contributed by atoms with Crippen LogP contribution in [0.3, 0.4) is 0 Å². The summed E-state index contributed by atoms with van der Waals surface area (Å²) in [6, 6.07) is 20.1. The van der Waals surface area contributed by atoms with Crippen LogP contribution in [-0.2, 0) is 17.6 Å². The lowest BCUT2D eigenvalue weighted by Gasteiger charge is -2.16. The van der Waals surface area contributed by atoms with Gasteiger partial charge in [0, 0.05) is 23.7 Å². The molecule has 1 aliphatic carbocycles. The third-order valence-electron chi connectivity index (χ3n) is 6.94. The molecule has 0 radical (unpaired) electrons. The van der Waals surface area contributed by atoms with Gasteiger partial charge in [-0.05, 0) is 42.5 Å². The molecule has 182 valence electrons. The monoisotopic (exact) mass is 522 g/mol. The quantitative estimate of drug-likeness (QED) is 0.267. The molecular weight excluding hydrogens is 500 g/mol. The number of aryl methyl sites for hydroxylation is 1. The number of carbonyl (C=O) groups excluding carboxylic acids is 1. The standard InChI is InChI=1S/C28H22N6OS2/c1-33(18-11-6-3-7-12-18)21(35)15-36-28-32-31-26-25-24(29-16-34(26)28)22-19-13-8-14-20(19)23(30-27(22)37-25)17-9-4-2-5-10-17/h2-7,9-12,16H,8,13-15H2,1H3. The van der Waals surface area contributed by atoms with Gasteiger partial charge in [0.25, 0.3) is 0 Å². The maximum absolute atomic E-state index is 12.8. The van der Waals surface area contributed by atoms with E-state index in [0.717, 1.165) is 62.3 Å². The van der Waals surface area contributed by atoms with E-state index in [-0.39, 0.29) is 11.7 Å². The Morgan fingerprint density at radius 1 is 1.03 bits per heavy atom. The predicted octanol–water partition coefficient (Wildman–Crippen LogP) is 5.80. The summed E-state index contributed by atoms with van der Waals surface area (Å²) in [4.78, 5) is 25.4. The molecule has 1 aliphatic rings. The van der Waals surface area contributed by atoms with Crippen molar-refractivity contribution in [3.05, 3.63) is 78.1 Å². The minimum atomic E-state index is -0.00273. The van der Waals surface area contributed by atoms with Crippen molar-refractivity contribution >= 4 is 60.8 Å². The second-order valence-electron chi connectivity index (χ2n) is 9.09. The van der Waals surface area contributed by atoms with E-state index in [0.29, 0.717) is 5.16 Å². The summed E-state index contributed by atoms with van der Waals surface area (Å²) in [5.74, 6) is 0.253. The number of aromatic nitrogens is 5. The Morgan fingerprint density at radius 3 is 2.59 bits per heavy atom. The van der Waals surface area contributed by atoms with Crippen molar-refractivity contribution in [1.82, 2.24) is 24.6 Å². The fourth-order valence-corrected chi connectivity index (χ4v) is 7.04. The highest BCUT2D eigenvalue weighted by Gasteiger charge is 2.25. The SMILES string of the molecule is CN(C(=O)CSc1nnc2c3sc4nc(-c5ccccc5)c5c(c4c3ncn12)CCC5)c1ccccc1. The molecule has 4 heterocycles. The average Bonchev–Trinajstić information content (AvgIpc) is 3.68. The first-order valence-corrected chi connectivity index (χ1v) is 14.0. The van der Waals surface area contributed by atoms with Crippen LogP contribution in [0, 0.1) is 0 Å². The number of para-hydroxylation sites is 1. The minimum absolute atomic E-state index is 0.00273. The molecule has 9 heteroatoms. The summed E-state index contributed by atoms with van der Waals surface area (Å²) in [5, 5.41) is 10.7. The Bertz CT molecular complexity index is 1800. The van der Waals surface area contributed by atoms with Crippen LogP contribution in [0.1, 0.15) is 17.5 Å². The number of anilines is 1. The van der Waals surface area contributed by atoms with Crippen LogP contribution in [0.25, 0.3) is 37.3 Å². The number of thiophene rings is 1. The van der Waals surface area contributed by atoms with E-state index in [9.17, 15) is 4.79 Å². The van der Waals surface area contributed by atoms with Gasteiger partial charge in [0.1, 0.15) is 15.9 Å². The van der Waals surface area contributed by atoms with E-state index in [2.05, 4.69) is 34.5 Å². The van der Waals surface area contributed by atoms with Crippen LogP contribution in [0.15, 0.2) is 72.1 Å². The fraction of sp³-hybridized carbons (Fsp3) is 0.179. The molecule has 6 aromatic rings. The summed E-state index contributed by atoms with van der Waals surface area (Å²) in [6.45, 7) is 0. The molecule has 0 N–H and O–H groups in total. The van der Waals surface area contributed by atoms with E-state index < -0.39 is 0 Å². The number of carbonyl (C=O) groups is 1. The van der Waals surface area contributed by atoms with Crippen LogP contribution in [0.5, 0.6) is 0 Å². The summed E-state index contributed by atoms with van der Waals surface area (Å²) in [7, 11) is 1.79. The molecule has 4 aromatic heterocycles. The molecule has 0 unspecified atom stereocenters. The van der Waals surface area contributed by atoms with Crippen molar-refractivity contribution < 1.29 is 4.79 Å². The molecule has 1 amide bonds. The highest BCUT2D eigenvalue weighted by molar-refractivity contribution is 7.99. The lowest BCUT2D eigenvalue weighted by Crippen LogP contribution is -2.27.